The second-order valence-electron chi connectivity index (χ2n) is 21.8. The molecular weight excluding hydrogens is 1070 g/mol. The number of para-hydroxylation sites is 5. The standard InChI is InChI=1S/C78H57N5S2/c1-3-79-69-36-30-52(46-63(69)67-50-61(34-40-71(67)79)81(56-20-10-5-11-21-56)57-22-12-6-13-23-57)75-42-44-77(84-75)54-32-38-73-65(48-54)66-49-55(33-39-74(66)83(73)60-28-18-9-19-29-60)78-45-43-76(85-78)53-31-37-70-64(47-53)68-51-62(35-41-72(68)80(70)4-2)82(58-24-14-7-15-25-58)59-26-16-8-17-27-59/h5-51H,3-4H2,1-2H3. The van der Waals surface area contributed by atoms with Gasteiger partial charge in [0, 0.05) is 127 Å². The molecule has 0 spiro atoms. The van der Waals surface area contributed by atoms with Crippen molar-refractivity contribution in [2.24, 2.45) is 0 Å². The molecule has 0 saturated carbocycles. The Morgan fingerprint density at radius 2 is 0.529 bits per heavy atom. The number of anilines is 6. The number of thiophene rings is 2. The van der Waals surface area contributed by atoms with Crippen molar-refractivity contribution < 1.29 is 0 Å². The molecule has 0 fully saturated rings. The van der Waals surface area contributed by atoms with Crippen LogP contribution in [0.5, 0.6) is 0 Å². The summed E-state index contributed by atoms with van der Waals surface area (Å²) in [5, 5.41) is 7.52. The first kappa shape index (κ1) is 50.5. The number of hydrogen-bond acceptors (Lipinski definition) is 4. The fourth-order valence-electron chi connectivity index (χ4n) is 13.1. The Hall–Kier alpha value is -10.2. The van der Waals surface area contributed by atoms with E-state index in [1.165, 1.54) is 107 Å². The van der Waals surface area contributed by atoms with Crippen LogP contribution in [0.2, 0.25) is 0 Å². The molecule has 85 heavy (non-hydrogen) atoms. The molecule has 0 aliphatic carbocycles. The van der Waals surface area contributed by atoms with Gasteiger partial charge in [-0.15, -0.1) is 22.7 Å². The van der Waals surface area contributed by atoms with Gasteiger partial charge in [0.05, 0.1) is 11.0 Å². The monoisotopic (exact) mass is 1130 g/mol. The summed E-state index contributed by atoms with van der Waals surface area (Å²) in [6.45, 7) is 6.27. The number of hydrogen-bond donors (Lipinski definition) is 0. The van der Waals surface area contributed by atoms with Gasteiger partial charge in [0.25, 0.3) is 0 Å². The van der Waals surface area contributed by atoms with E-state index in [2.05, 4.69) is 322 Å². The van der Waals surface area contributed by atoms with Crippen molar-refractivity contribution in [3.05, 3.63) is 285 Å². The van der Waals surface area contributed by atoms with Gasteiger partial charge in [0.2, 0.25) is 0 Å². The Morgan fingerprint density at radius 1 is 0.259 bits per heavy atom. The lowest BCUT2D eigenvalue weighted by molar-refractivity contribution is 0.827. The zero-order valence-electron chi connectivity index (χ0n) is 47.1. The van der Waals surface area contributed by atoms with Crippen molar-refractivity contribution in [2.75, 3.05) is 9.80 Å². The maximum absolute atomic E-state index is 2.45. The molecule has 0 aliphatic rings. The SMILES string of the molecule is CCn1c2ccc(-c3ccc(-c4ccc5c(c4)c4cc(-c6ccc(-c7ccc8c(c7)c7cc(N(c9ccccc9)c9ccccc9)ccc7n8CC)s6)ccc4n5-c4ccccc4)s3)cc2c2cc(N(c3ccccc3)c3ccccc3)ccc21. The lowest BCUT2D eigenvalue weighted by Gasteiger charge is -2.25. The van der Waals surface area contributed by atoms with Gasteiger partial charge in [-0.1, -0.05) is 115 Å². The van der Waals surface area contributed by atoms with Crippen molar-refractivity contribution in [1.82, 2.24) is 13.7 Å². The second kappa shape index (κ2) is 20.9. The van der Waals surface area contributed by atoms with E-state index in [1.807, 2.05) is 22.7 Å². The highest BCUT2D eigenvalue weighted by atomic mass is 32.1. The first-order valence-corrected chi connectivity index (χ1v) is 31.0. The van der Waals surface area contributed by atoms with Crippen LogP contribution in [-0.4, -0.2) is 13.7 Å². The minimum atomic E-state index is 0.887. The van der Waals surface area contributed by atoms with Gasteiger partial charge < -0.3 is 23.5 Å². The third kappa shape index (κ3) is 8.65. The number of fused-ring (bicyclic) bond motifs is 9. The van der Waals surface area contributed by atoms with E-state index in [4.69, 9.17) is 0 Å². The lowest BCUT2D eigenvalue weighted by Crippen LogP contribution is -2.09. The molecule has 0 amide bonds. The van der Waals surface area contributed by atoms with Crippen molar-refractivity contribution in [2.45, 2.75) is 26.9 Å². The minimum Gasteiger partial charge on any atom is -0.341 e. The molecular formula is C78H57N5S2. The summed E-state index contributed by atoms with van der Waals surface area (Å²) in [4.78, 5) is 9.70. The van der Waals surface area contributed by atoms with Crippen LogP contribution in [0.1, 0.15) is 13.8 Å². The largest absolute Gasteiger partial charge is 0.341 e. The molecule has 0 N–H and O–H groups in total. The maximum atomic E-state index is 2.45. The molecule has 406 valence electrons. The van der Waals surface area contributed by atoms with Crippen LogP contribution in [0.25, 0.3) is 113 Å². The average Bonchev–Trinajstić information content (AvgIpc) is 1.97. The van der Waals surface area contributed by atoms with Gasteiger partial charge in [-0.25, -0.2) is 0 Å². The number of rotatable bonds is 13. The fourth-order valence-corrected chi connectivity index (χ4v) is 15.1. The van der Waals surface area contributed by atoms with E-state index < -0.39 is 0 Å². The molecule has 5 nitrogen and oxygen atoms in total. The van der Waals surface area contributed by atoms with Crippen LogP contribution in [0.3, 0.4) is 0 Å². The number of benzene rings is 11. The molecule has 0 radical (unpaired) electrons. The Kier molecular flexibility index (Phi) is 12.4. The van der Waals surface area contributed by atoms with Crippen LogP contribution in [0, 0.1) is 0 Å². The Morgan fingerprint density at radius 3 is 0.847 bits per heavy atom. The first-order valence-electron chi connectivity index (χ1n) is 29.3. The molecule has 11 aromatic carbocycles. The van der Waals surface area contributed by atoms with Crippen LogP contribution in [-0.2, 0) is 13.1 Å². The fraction of sp³-hybridized carbons (Fsp3) is 0.0513. The number of aryl methyl sites for hydroxylation is 2. The Bertz CT molecular complexity index is 4760. The van der Waals surface area contributed by atoms with Crippen LogP contribution in [0.15, 0.2) is 285 Å². The number of aromatic nitrogens is 3. The van der Waals surface area contributed by atoms with Gasteiger partial charge in [0.15, 0.2) is 0 Å². The van der Waals surface area contributed by atoms with Crippen LogP contribution >= 0.6 is 22.7 Å². The summed E-state index contributed by atoms with van der Waals surface area (Å²) in [7, 11) is 0. The highest BCUT2D eigenvalue weighted by Crippen LogP contribution is 2.46. The number of nitrogens with zero attached hydrogens (tertiary/aromatic N) is 5. The highest BCUT2D eigenvalue weighted by molar-refractivity contribution is 7.19. The smallest absolute Gasteiger partial charge is 0.0541 e. The van der Waals surface area contributed by atoms with E-state index in [0.29, 0.717) is 0 Å². The summed E-state index contributed by atoms with van der Waals surface area (Å²) in [6.07, 6.45) is 0. The molecule has 16 rings (SSSR count). The predicted octanol–water partition coefficient (Wildman–Crippen LogP) is 22.8. The molecule has 0 atom stereocenters. The van der Waals surface area contributed by atoms with E-state index in [1.54, 1.807) is 0 Å². The minimum absolute atomic E-state index is 0.887. The highest BCUT2D eigenvalue weighted by Gasteiger charge is 2.21. The first-order chi connectivity index (χ1) is 42.0. The molecule has 7 heteroatoms. The Balaban J connectivity index is 0.757. The summed E-state index contributed by atoms with van der Waals surface area (Å²) in [5.74, 6) is 0. The van der Waals surface area contributed by atoms with E-state index in [0.717, 1.165) is 52.9 Å². The predicted molar refractivity (Wildman–Crippen MR) is 365 cm³/mol. The zero-order chi connectivity index (χ0) is 56.5. The molecule has 0 bridgehead atoms. The second-order valence-corrected chi connectivity index (χ2v) is 24.0. The summed E-state index contributed by atoms with van der Waals surface area (Å²) < 4.78 is 7.33. The maximum Gasteiger partial charge on any atom is 0.0541 e. The normalized spacial score (nSPS) is 11.7. The van der Waals surface area contributed by atoms with E-state index >= 15 is 0 Å². The van der Waals surface area contributed by atoms with Gasteiger partial charge in [-0.05, 0) is 206 Å². The lowest BCUT2D eigenvalue weighted by atomic mass is 10.1. The summed E-state index contributed by atoms with van der Waals surface area (Å²) in [5.41, 5.74) is 20.2. The molecule has 0 saturated heterocycles. The van der Waals surface area contributed by atoms with E-state index in [9.17, 15) is 0 Å². The average molecular weight is 1130 g/mol. The van der Waals surface area contributed by atoms with Crippen molar-refractivity contribution in [3.8, 4) is 47.4 Å². The summed E-state index contributed by atoms with van der Waals surface area (Å²) >= 11 is 3.73. The van der Waals surface area contributed by atoms with E-state index in [-0.39, 0.29) is 0 Å². The summed E-state index contributed by atoms with van der Waals surface area (Å²) in [6, 6.07) is 105. The van der Waals surface area contributed by atoms with Gasteiger partial charge in [-0.3, -0.25) is 0 Å². The third-order valence-corrected chi connectivity index (χ3v) is 19.4. The van der Waals surface area contributed by atoms with Crippen molar-refractivity contribution in [1.29, 1.82) is 0 Å². The quantitative estimate of drug-likeness (QED) is 0.115. The van der Waals surface area contributed by atoms with Crippen molar-refractivity contribution >= 4 is 122 Å². The zero-order valence-corrected chi connectivity index (χ0v) is 48.7. The molecule has 5 aromatic heterocycles. The van der Waals surface area contributed by atoms with Gasteiger partial charge in [0.1, 0.15) is 0 Å². The topological polar surface area (TPSA) is 21.3 Å². The third-order valence-electron chi connectivity index (χ3n) is 17.0. The van der Waals surface area contributed by atoms with Gasteiger partial charge >= 0.3 is 0 Å². The van der Waals surface area contributed by atoms with Gasteiger partial charge in [-0.2, -0.15) is 0 Å². The molecule has 0 aliphatic heterocycles. The molecule has 5 heterocycles. The van der Waals surface area contributed by atoms with Crippen molar-refractivity contribution in [3.63, 3.8) is 0 Å². The van der Waals surface area contributed by atoms with Crippen LogP contribution in [0.4, 0.5) is 34.1 Å². The Labute approximate surface area is 502 Å². The molecule has 0 unspecified atom stereocenters. The van der Waals surface area contributed by atoms with Crippen LogP contribution < -0.4 is 9.80 Å². The molecule has 16 aromatic rings.